The van der Waals surface area contributed by atoms with E-state index in [4.69, 9.17) is 0 Å². The SMILES string of the molecule is O=C1CCCN1CCCNc1ncnc2scc(-c3ccc(F)cc3)c12. The lowest BCUT2D eigenvalue weighted by molar-refractivity contribution is -0.127. The van der Waals surface area contributed by atoms with Crippen molar-refractivity contribution in [2.24, 2.45) is 0 Å². The molecule has 1 aromatic carbocycles. The summed E-state index contributed by atoms with van der Waals surface area (Å²) in [4.78, 5) is 23.2. The first-order chi connectivity index (χ1) is 12.7. The second-order valence-corrected chi connectivity index (χ2v) is 7.18. The Hall–Kier alpha value is -2.54. The molecule has 0 atom stereocenters. The molecule has 7 heteroatoms. The first-order valence-corrected chi connectivity index (χ1v) is 9.60. The highest BCUT2D eigenvalue weighted by atomic mass is 32.1. The van der Waals surface area contributed by atoms with Gasteiger partial charge >= 0.3 is 0 Å². The number of halogens is 1. The van der Waals surface area contributed by atoms with Crippen LogP contribution >= 0.6 is 11.3 Å². The molecule has 1 N–H and O–H groups in total. The van der Waals surface area contributed by atoms with Gasteiger partial charge in [-0.15, -0.1) is 11.3 Å². The van der Waals surface area contributed by atoms with Crippen LogP contribution in [0.2, 0.25) is 0 Å². The number of hydrogen-bond donors (Lipinski definition) is 1. The van der Waals surface area contributed by atoms with E-state index >= 15 is 0 Å². The molecular formula is C19H19FN4OS. The monoisotopic (exact) mass is 370 g/mol. The van der Waals surface area contributed by atoms with Crippen LogP contribution in [0, 0.1) is 5.82 Å². The van der Waals surface area contributed by atoms with Gasteiger partial charge in [-0.3, -0.25) is 4.79 Å². The van der Waals surface area contributed by atoms with E-state index in [9.17, 15) is 9.18 Å². The van der Waals surface area contributed by atoms with E-state index in [0.717, 1.165) is 59.6 Å². The molecule has 1 saturated heterocycles. The van der Waals surface area contributed by atoms with E-state index in [2.05, 4.69) is 15.3 Å². The molecule has 5 nitrogen and oxygen atoms in total. The lowest BCUT2D eigenvalue weighted by atomic mass is 10.1. The summed E-state index contributed by atoms with van der Waals surface area (Å²) in [7, 11) is 0. The molecular weight excluding hydrogens is 351 g/mol. The number of thiophene rings is 1. The summed E-state index contributed by atoms with van der Waals surface area (Å²) in [5, 5.41) is 6.37. The van der Waals surface area contributed by atoms with Crippen LogP contribution in [0.1, 0.15) is 19.3 Å². The van der Waals surface area contributed by atoms with Crippen molar-refractivity contribution in [2.75, 3.05) is 25.0 Å². The normalized spacial score (nSPS) is 14.3. The summed E-state index contributed by atoms with van der Waals surface area (Å²) in [5.74, 6) is 0.786. The molecule has 3 aromatic rings. The largest absolute Gasteiger partial charge is 0.369 e. The van der Waals surface area contributed by atoms with Crippen molar-refractivity contribution >= 4 is 33.3 Å². The number of hydrogen-bond acceptors (Lipinski definition) is 5. The molecule has 4 rings (SSSR count). The number of amides is 1. The fraction of sp³-hybridized carbons (Fsp3) is 0.316. The molecule has 1 aliphatic heterocycles. The second kappa shape index (κ2) is 7.37. The number of carbonyl (C=O) groups is 1. The zero-order valence-electron chi connectivity index (χ0n) is 14.2. The van der Waals surface area contributed by atoms with Crippen LogP contribution in [-0.4, -0.2) is 40.4 Å². The fourth-order valence-electron chi connectivity index (χ4n) is 3.27. The van der Waals surface area contributed by atoms with Crippen LogP contribution in [0.15, 0.2) is 36.0 Å². The Morgan fingerprint density at radius 2 is 2.08 bits per heavy atom. The molecule has 0 spiro atoms. The summed E-state index contributed by atoms with van der Waals surface area (Å²) in [6, 6.07) is 6.46. The number of fused-ring (bicyclic) bond motifs is 1. The first-order valence-electron chi connectivity index (χ1n) is 8.72. The number of likely N-dealkylation sites (tertiary alicyclic amines) is 1. The minimum absolute atomic E-state index is 0.251. The van der Waals surface area contributed by atoms with Crippen LogP contribution in [0.25, 0.3) is 21.3 Å². The van der Waals surface area contributed by atoms with E-state index < -0.39 is 0 Å². The number of anilines is 1. The van der Waals surface area contributed by atoms with Crippen molar-refractivity contribution in [3.05, 3.63) is 41.8 Å². The van der Waals surface area contributed by atoms with E-state index in [-0.39, 0.29) is 11.7 Å². The molecule has 0 aliphatic carbocycles. The fourth-order valence-corrected chi connectivity index (χ4v) is 4.18. The molecule has 3 heterocycles. The van der Waals surface area contributed by atoms with Crippen molar-refractivity contribution in [3.8, 4) is 11.1 Å². The van der Waals surface area contributed by atoms with Crippen molar-refractivity contribution in [3.63, 3.8) is 0 Å². The highest BCUT2D eigenvalue weighted by Crippen LogP contribution is 2.36. The van der Waals surface area contributed by atoms with Gasteiger partial charge in [-0.2, -0.15) is 0 Å². The second-order valence-electron chi connectivity index (χ2n) is 6.32. The van der Waals surface area contributed by atoms with Gasteiger partial charge in [0.25, 0.3) is 0 Å². The number of carbonyl (C=O) groups excluding carboxylic acids is 1. The molecule has 0 bridgehead atoms. The average Bonchev–Trinajstić information content (AvgIpc) is 3.26. The summed E-state index contributed by atoms with van der Waals surface area (Å²) < 4.78 is 13.2. The molecule has 0 radical (unpaired) electrons. The highest BCUT2D eigenvalue weighted by Gasteiger charge is 2.19. The van der Waals surface area contributed by atoms with Crippen LogP contribution in [0.4, 0.5) is 10.2 Å². The number of aromatic nitrogens is 2. The molecule has 134 valence electrons. The average molecular weight is 370 g/mol. The van der Waals surface area contributed by atoms with Crippen molar-refractivity contribution in [1.82, 2.24) is 14.9 Å². The third kappa shape index (κ3) is 3.39. The van der Waals surface area contributed by atoms with Crippen molar-refractivity contribution in [2.45, 2.75) is 19.3 Å². The van der Waals surface area contributed by atoms with E-state index in [1.165, 1.54) is 12.1 Å². The van der Waals surface area contributed by atoms with E-state index in [1.807, 2.05) is 10.3 Å². The van der Waals surface area contributed by atoms with Gasteiger partial charge in [-0.05, 0) is 30.5 Å². The van der Waals surface area contributed by atoms with Gasteiger partial charge in [0.2, 0.25) is 5.91 Å². The molecule has 0 unspecified atom stereocenters. The quantitative estimate of drug-likeness (QED) is 0.668. The number of nitrogens with one attached hydrogen (secondary N) is 1. The Kier molecular flexibility index (Phi) is 4.79. The zero-order valence-corrected chi connectivity index (χ0v) is 15.1. The maximum Gasteiger partial charge on any atom is 0.222 e. The van der Waals surface area contributed by atoms with Crippen LogP contribution < -0.4 is 5.32 Å². The molecule has 1 aliphatic rings. The Labute approximate surface area is 154 Å². The van der Waals surface area contributed by atoms with Crippen LogP contribution in [0.3, 0.4) is 0 Å². The topological polar surface area (TPSA) is 58.1 Å². The Bertz CT molecular complexity index is 925. The predicted octanol–water partition coefficient (Wildman–Crippen LogP) is 3.92. The minimum Gasteiger partial charge on any atom is -0.369 e. The van der Waals surface area contributed by atoms with Crippen molar-refractivity contribution in [1.29, 1.82) is 0 Å². The van der Waals surface area contributed by atoms with Gasteiger partial charge in [-0.1, -0.05) is 12.1 Å². The number of rotatable bonds is 6. The zero-order chi connectivity index (χ0) is 17.9. The smallest absolute Gasteiger partial charge is 0.222 e. The number of nitrogens with zero attached hydrogens (tertiary/aromatic N) is 3. The number of benzene rings is 1. The predicted molar refractivity (Wildman–Crippen MR) is 102 cm³/mol. The third-order valence-corrected chi connectivity index (χ3v) is 5.48. The summed E-state index contributed by atoms with van der Waals surface area (Å²) in [5.41, 5.74) is 1.95. The lowest BCUT2D eigenvalue weighted by Gasteiger charge is -2.15. The maximum atomic E-state index is 13.2. The third-order valence-electron chi connectivity index (χ3n) is 4.59. The van der Waals surface area contributed by atoms with Gasteiger partial charge in [0, 0.05) is 37.0 Å². The summed E-state index contributed by atoms with van der Waals surface area (Å²) in [6.45, 7) is 2.37. The Morgan fingerprint density at radius 3 is 2.85 bits per heavy atom. The Morgan fingerprint density at radius 1 is 1.23 bits per heavy atom. The molecule has 0 saturated carbocycles. The van der Waals surface area contributed by atoms with E-state index in [1.54, 1.807) is 29.8 Å². The molecule has 26 heavy (non-hydrogen) atoms. The van der Waals surface area contributed by atoms with Crippen LogP contribution in [0.5, 0.6) is 0 Å². The summed E-state index contributed by atoms with van der Waals surface area (Å²) in [6.07, 6.45) is 4.07. The standard InChI is InChI=1S/C19H19FN4OS/c20-14-6-4-13(5-7-14)15-11-26-19-17(15)18(22-12-23-19)21-8-2-10-24-9-1-3-16(24)25/h4-7,11-12H,1-3,8-10H2,(H,21,22,23). The van der Waals surface area contributed by atoms with Gasteiger partial charge in [0.05, 0.1) is 5.39 Å². The Balaban J connectivity index is 1.50. The highest BCUT2D eigenvalue weighted by molar-refractivity contribution is 7.17. The van der Waals surface area contributed by atoms with Gasteiger partial charge in [-0.25, -0.2) is 14.4 Å². The van der Waals surface area contributed by atoms with Gasteiger partial charge < -0.3 is 10.2 Å². The van der Waals surface area contributed by atoms with Gasteiger partial charge in [0.1, 0.15) is 22.8 Å². The maximum absolute atomic E-state index is 13.2. The lowest BCUT2D eigenvalue weighted by Crippen LogP contribution is -2.27. The summed E-state index contributed by atoms with van der Waals surface area (Å²) >= 11 is 1.55. The minimum atomic E-state index is -0.251. The molecule has 1 amide bonds. The molecule has 1 fully saturated rings. The first kappa shape index (κ1) is 16.9. The van der Waals surface area contributed by atoms with Gasteiger partial charge in [0.15, 0.2) is 0 Å². The van der Waals surface area contributed by atoms with Crippen LogP contribution in [-0.2, 0) is 4.79 Å². The molecule has 2 aromatic heterocycles. The van der Waals surface area contributed by atoms with E-state index in [0.29, 0.717) is 6.42 Å². The van der Waals surface area contributed by atoms with Crippen molar-refractivity contribution < 1.29 is 9.18 Å².